The summed E-state index contributed by atoms with van der Waals surface area (Å²) < 4.78 is 16.7. The topological polar surface area (TPSA) is 175 Å². The minimum absolute atomic E-state index is 0.00287. The molecule has 11 heteroatoms. The summed E-state index contributed by atoms with van der Waals surface area (Å²) in [4.78, 5) is 25.1. The minimum Gasteiger partial charge on any atom is -0.466 e. The van der Waals surface area contributed by atoms with Gasteiger partial charge < -0.3 is 45.1 Å². The summed E-state index contributed by atoms with van der Waals surface area (Å²) in [5.41, 5.74) is 0. The lowest BCUT2D eigenvalue weighted by atomic mass is 9.99. The molecule has 7 unspecified atom stereocenters. The highest BCUT2D eigenvalue weighted by atomic mass is 16.7. The number of carbonyl (C=O) groups excluding carboxylic acids is 2. The highest BCUT2D eigenvalue weighted by Gasteiger charge is 2.44. The third kappa shape index (κ3) is 55.3. The fraction of sp³-hybridized carbons (Fsp3) is 0.821. The second-order valence-corrected chi connectivity index (χ2v) is 26.0. The summed E-state index contributed by atoms with van der Waals surface area (Å²) in [5, 5.41) is 54.4. The van der Waals surface area contributed by atoms with Crippen molar-refractivity contribution in [3.63, 3.8) is 0 Å². The first-order chi connectivity index (χ1) is 43.7. The predicted octanol–water partition coefficient (Wildman–Crippen LogP) is 19.9. The molecular formula is C78H141NO10. The van der Waals surface area contributed by atoms with Crippen molar-refractivity contribution in [3.05, 3.63) is 72.9 Å². The van der Waals surface area contributed by atoms with E-state index < -0.39 is 49.5 Å². The van der Waals surface area contributed by atoms with Gasteiger partial charge >= 0.3 is 5.97 Å². The number of hydrogen-bond acceptors (Lipinski definition) is 10. The van der Waals surface area contributed by atoms with Crippen molar-refractivity contribution in [1.29, 1.82) is 0 Å². The van der Waals surface area contributed by atoms with Gasteiger partial charge in [-0.2, -0.15) is 0 Å². The van der Waals surface area contributed by atoms with Crippen LogP contribution < -0.4 is 5.32 Å². The maximum Gasteiger partial charge on any atom is 0.305 e. The van der Waals surface area contributed by atoms with Crippen LogP contribution in [0.5, 0.6) is 0 Å². The van der Waals surface area contributed by atoms with E-state index in [2.05, 4.69) is 79.9 Å². The molecule has 518 valence electrons. The van der Waals surface area contributed by atoms with Gasteiger partial charge in [-0.25, -0.2) is 0 Å². The van der Waals surface area contributed by atoms with Crippen molar-refractivity contribution in [2.45, 2.75) is 391 Å². The number of amides is 1. The van der Waals surface area contributed by atoms with Crippen molar-refractivity contribution in [1.82, 2.24) is 5.32 Å². The van der Waals surface area contributed by atoms with E-state index in [1.54, 1.807) is 6.08 Å². The van der Waals surface area contributed by atoms with Crippen LogP contribution in [-0.4, -0.2) is 100 Å². The molecule has 6 N–H and O–H groups in total. The number of esters is 1. The Bertz CT molecular complexity index is 1710. The number of hydrogen-bond donors (Lipinski definition) is 6. The van der Waals surface area contributed by atoms with Crippen LogP contribution in [0, 0.1) is 0 Å². The first-order valence-electron chi connectivity index (χ1n) is 37.7. The van der Waals surface area contributed by atoms with Crippen LogP contribution in [-0.2, 0) is 23.8 Å². The molecular weight excluding hydrogens is 1110 g/mol. The SMILES string of the molecule is CCC/C=C/CC/C=C/CC/C=C/C(O)C(COC1OC(CO)C(O)C(O)C1O)NC(=O)CCCCCCCCCCCCCCCCCCC/C=C\C/C=C\CCCCCCCCCCCCCCCCCOC(=O)CCCCCCC/C=C\CCCC. The molecule has 1 rings (SSSR count). The Labute approximate surface area is 547 Å². The van der Waals surface area contributed by atoms with Gasteiger partial charge in [-0.3, -0.25) is 9.59 Å². The van der Waals surface area contributed by atoms with Crippen LogP contribution in [0.25, 0.3) is 0 Å². The third-order valence-corrected chi connectivity index (χ3v) is 17.5. The molecule has 0 spiro atoms. The number of unbranched alkanes of at least 4 members (excludes halogenated alkanes) is 42. The summed E-state index contributed by atoms with van der Waals surface area (Å²) in [7, 11) is 0. The van der Waals surface area contributed by atoms with Gasteiger partial charge in [0, 0.05) is 12.8 Å². The van der Waals surface area contributed by atoms with E-state index in [1.165, 1.54) is 238 Å². The number of carbonyl (C=O) groups is 2. The van der Waals surface area contributed by atoms with E-state index in [0.717, 1.165) is 83.5 Å². The Morgan fingerprint density at radius 1 is 0.416 bits per heavy atom. The van der Waals surface area contributed by atoms with Gasteiger partial charge in [0.25, 0.3) is 0 Å². The van der Waals surface area contributed by atoms with Crippen LogP contribution in [0.1, 0.15) is 348 Å². The van der Waals surface area contributed by atoms with E-state index in [-0.39, 0.29) is 18.5 Å². The molecule has 0 radical (unpaired) electrons. The van der Waals surface area contributed by atoms with E-state index in [1.807, 2.05) is 6.08 Å². The van der Waals surface area contributed by atoms with E-state index in [0.29, 0.717) is 19.4 Å². The van der Waals surface area contributed by atoms with Gasteiger partial charge in [0.15, 0.2) is 6.29 Å². The Hall–Kier alpha value is -2.90. The van der Waals surface area contributed by atoms with Gasteiger partial charge in [-0.1, -0.05) is 305 Å². The molecule has 0 saturated carbocycles. The molecule has 1 saturated heterocycles. The zero-order valence-corrected chi connectivity index (χ0v) is 57.6. The molecule has 0 aromatic heterocycles. The quantitative estimate of drug-likeness (QED) is 0.0195. The zero-order valence-electron chi connectivity index (χ0n) is 57.6. The highest BCUT2D eigenvalue weighted by Crippen LogP contribution is 2.23. The molecule has 1 aliphatic rings. The summed E-state index contributed by atoms with van der Waals surface area (Å²) in [6.45, 7) is 4.24. The maximum absolute atomic E-state index is 13.0. The molecule has 0 aliphatic carbocycles. The Balaban J connectivity index is 1.91. The normalized spacial score (nSPS) is 18.1. The first-order valence-corrected chi connectivity index (χ1v) is 37.7. The summed E-state index contributed by atoms with van der Waals surface area (Å²) in [6.07, 6.45) is 80.8. The van der Waals surface area contributed by atoms with Gasteiger partial charge in [0.05, 0.1) is 32.0 Å². The number of aliphatic hydroxyl groups excluding tert-OH is 5. The van der Waals surface area contributed by atoms with Crippen molar-refractivity contribution in [2.24, 2.45) is 0 Å². The van der Waals surface area contributed by atoms with Crippen molar-refractivity contribution in [2.75, 3.05) is 19.8 Å². The Kier molecular flexibility index (Phi) is 62.9. The second-order valence-electron chi connectivity index (χ2n) is 26.0. The van der Waals surface area contributed by atoms with Gasteiger partial charge in [0.1, 0.15) is 24.4 Å². The van der Waals surface area contributed by atoms with Crippen LogP contribution in [0.15, 0.2) is 72.9 Å². The summed E-state index contributed by atoms with van der Waals surface area (Å²) in [5.74, 6) is -0.192. The molecule has 0 aromatic carbocycles. The van der Waals surface area contributed by atoms with E-state index in [4.69, 9.17) is 14.2 Å². The number of aliphatic hydroxyl groups is 5. The number of ether oxygens (including phenoxy) is 3. The number of allylic oxidation sites excluding steroid dienone is 11. The largest absolute Gasteiger partial charge is 0.466 e. The van der Waals surface area contributed by atoms with E-state index >= 15 is 0 Å². The number of nitrogens with one attached hydrogen (secondary N) is 1. The zero-order chi connectivity index (χ0) is 64.4. The maximum atomic E-state index is 13.0. The molecule has 1 aliphatic heterocycles. The molecule has 1 amide bonds. The smallest absolute Gasteiger partial charge is 0.305 e. The lowest BCUT2D eigenvalue weighted by Gasteiger charge is -2.40. The minimum atomic E-state index is -1.58. The van der Waals surface area contributed by atoms with Crippen LogP contribution in [0.3, 0.4) is 0 Å². The van der Waals surface area contributed by atoms with Crippen LogP contribution in [0.4, 0.5) is 0 Å². The Morgan fingerprint density at radius 2 is 0.787 bits per heavy atom. The second kappa shape index (κ2) is 66.6. The van der Waals surface area contributed by atoms with E-state index in [9.17, 15) is 35.1 Å². The predicted molar refractivity (Wildman–Crippen MR) is 375 cm³/mol. The van der Waals surface area contributed by atoms with Crippen LogP contribution in [0.2, 0.25) is 0 Å². The average Bonchev–Trinajstić information content (AvgIpc) is 2.32. The lowest BCUT2D eigenvalue weighted by Crippen LogP contribution is -2.60. The Morgan fingerprint density at radius 3 is 1.22 bits per heavy atom. The van der Waals surface area contributed by atoms with Crippen molar-refractivity contribution >= 4 is 11.9 Å². The molecule has 0 bridgehead atoms. The average molecular weight is 1250 g/mol. The number of rotatable bonds is 66. The summed E-state index contributed by atoms with van der Waals surface area (Å²) in [6, 6.07) is -0.833. The highest BCUT2D eigenvalue weighted by molar-refractivity contribution is 5.76. The monoisotopic (exact) mass is 1250 g/mol. The fourth-order valence-corrected chi connectivity index (χ4v) is 11.5. The molecule has 1 heterocycles. The first kappa shape index (κ1) is 84.1. The molecule has 0 aromatic rings. The third-order valence-electron chi connectivity index (χ3n) is 17.5. The van der Waals surface area contributed by atoms with Gasteiger partial charge in [0.2, 0.25) is 5.91 Å². The molecule has 7 atom stereocenters. The van der Waals surface area contributed by atoms with Crippen molar-refractivity contribution in [3.8, 4) is 0 Å². The molecule has 1 fully saturated rings. The molecule has 11 nitrogen and oxygen atoms in total. The van der Waals surface area contributed by atoms with Gasteiger partial charge in [-0.05, 0) is 103 Å². The molecule has 89 heavy (non-hydrogen) atoms. The fourth-order valence-electron chi connectivity index (χ4n) is 11.5. The lowest BCUT2D eigenvalue weighted by molar-refractivity contribution is -0.302. The van der Waals surface area contributed by atoms with Crippen LogP contribution >= 0.6 is 0 Å². The summed E-state index contributed by atoms with van der Waals surface area (Å²) >= 11 is 0. The van der Waals surface area contributed by atoms with Gasteiger partial charge in [-0.15, -0.1) is 0 Å². The van der Waals surface area contributed by atoms with Crippen molar-refractivity contribution < 1.29 is 49.3 Å². The standard InChI is InChI=1S/C78H141NO10/c1-3-5-7-9-11-13-44-48-52-56-60-64-71(81)70(69-88-78-77(86)76(85)75(84)72(68-80)89-78)79-73(82)65-61-57-53-49-46-42-40-38-36-34-32-30-28-26-24-22-20-18-16-15-17-19-21-23-25-27-29-31-33-35-37-39-41-43-47-51-55-59-63-67-87-74(83)66-62-58-54-50-45-14-12-10-8-6-4-2/h7,9-10,12,15-16,19,21,44,48,60,64,70-72,75-78,80-81,84-86H,3-6,8,11,13-14,17-18,20,22-43,45-47,49-59,61-63,65-69H2,1-2H3,(H,79,82)/b9-7+,12-10-,16-15-,21-19-,48-44+,64-60+.